The Morgan fingerprint density at radius 3 is 2.62 bits per heavy atom. The van der Waals surface area contributed by atoms with E-state index in [1.165, 1.54) is 10.8 Å². The average Bonchev–Trinajstić information content (AvgIpc) is 2.97. The van der Waals surface area contributed by atoms with Crippen LogP contribution in [-0.2, 0) is 13.1 Å². The van der Waals surface area contributed by atoms with Crippen LogP contribution >= 0.6 is 0 Å². The zero-order valence-corrected chi connectivity index (χ0v) is 12.3. The maximum atomic E-state index is 12.0. The minimum Gasteiger partial charge on any atom is -0.467 e. The molecule has 0 amide bonds. The molecule has 0 fully saturated rings. The molecule has 2 aromatic rings. The summed E-state index contributed by atoms with van der Waals surface area (Å²) >= 11 is 0. The third kappa shape index (κ3) is 3.25. The van der Waals surface area contributed by atoms with E-state index in [1.54, 1.807) is 12.1 Å². The second-order valence-corrected chi connectivity index (χ2v) is 4.75. The van der Waals surface area contributed by atoms with E-state index >= 15 is 0 Å². The number of nitrogens with two attached hydrogens (primary N) is 1. The largest absolute Gasteiger partial charge is 0.467 e. The molecular formula is C14H20N4O3. The van der Waals surface area contributed by atoms with Crippen molar-refractivity contribution in [3.8, 4) is 0 Å². The number of H-pyrrole nitrogens is 1. The minimum absolute atomic E-state index is 0.187. The van der Waals surface area contributed by atoms with Crippen molar-refractivity contribution in [3.05, 3.63) is 50.6 Å². The molecule has 0 aliphatic rings. The highest BCUT2D eigenvalue weighted by atomic mass is 16.3. The van der Waals surface area contributed by atoms with Gasteiger partial charge in [0.1, 0.15) is 11.6 Å². The first-order chi connectivity index (χ1) is 10.1. The molecule has 2 heterocycles. The number of hydrogen-bond acceptors (Lipinski definition) is 5. The summed E-state index contributed by atoms with van der Waals surface area (Å²) in [5.41, 5.74) is 5.48. The zero-order chi connectivity index (χ0) is 15.4. The van der Waals surface area contributed by atoms with Crippen LogP contribution in [0.1, 0.15) is 25.2 Å². The first-order valence-corrected chi connectivity index (χ1v) is 6.93. The van der Waals surface area contributed by atoms with Crippen molar-refractivity contribution >= 4 is 5.82 Å². The molecular weight excluding hydrogens is 272 g/mol. The summed E-state index contributed by atoms with van der Waals surface area (Å²) in [6.07, 6.45) is 1.53. The predicted octanol–water partition coefficient (Wildman–Crippen LogP) is 0.602. The van der Waals surface area contributed by atoms with Gasteiger partial charge in [0.25, 0.3) is 5.56 Å². The van der Waals surface area contributed by atoms with E-state index in [1.807, 2.05) is 13.8 Å². The lowest BCUT2D eigenvalue weighted by atomic mass is 10.2. The van der Waals surface area contributed by atoms with E-state index in [0.717, 1.165) is 13.1 Å². The monoisotopic (exact) mass is 292 g/mol. The van der Waals surface area contributed by atoms with E-state index in [9.17, 15) is 9.59 Å². The lowest BCUT2D eigenvalue weighted by Gasteiger charge is -2.19. The van der Waals surface area contributed by atoms with Gasteiger partial charge in [-0.2, -0.15) is 0 Å². The Morgan fingerprint density at radius 1 is 1.33 bits per heavy atom. The number of rotatable bonds is 6. The van der Waals surface area contributed by atoms with E-state index in [-0.39, 0.29) is 12.4 Å². The van der Waals surface area contributed by atoms with Gasteiger partial charge in [0.15, 0.2) is 0 Å². The van der Waals surface area contributed by atoms with Crippen LogP contribution in [0, 0.1) is 0 Å². The molecule has 7 heteroatoms. The molecule has 114 valence electrons. The van der Waals surface area contributed by atoms with Crippen molar-refractivity contribution < 1.29 is 4.42 Å². The number of furan rings is 1. The molecule has 0 saturated carbocycles. The van der Waals surface area contributed by atoms with Crippen molar-refractivity contribution in [3.63, 3.8) is 0 Å². The normalized spacial score (nSPS) is 11.2. The van der Waals surface area contributed by atoms with Crippen molar-refractivity contribution in [2.24, 2.45) is 0 Å². The number of nitrogens with one attached hydrogen (secondary N) is 1. The first-order valence-electron chi connectivity index (χ1n) is 6.93. The van der Waals surface area contributed by atoms with Crippen LogP contribution in [0.4, 0.5) is 5.82 Å². The third-order valence-corrected chi connectivity index (χ3v) is 3.51. The molecule has 0 atom stereocenters. The van der Waals surface area contributed by atoms with Gasteiger partial charge in [-0.05, 0) is 25.2 Å². The summed E-state index contributed by atoms with van der Waals surface area (Å²) in [5.74, 6) is 0.789. The van der Waals surface area contributed by atoms with Crippen LogP contribution in [-0.4, -0.2) is 27.5 Å². The molecule has 3 N–H and O–H groups in total. The standard InChI is InChI=1S/C14H20N4O3/c1-3-17(4-2)9-11-12(15)18(14(20)16-13(11)19)8-10-6-5-7-21-10/h5-7H,3-4,8-9,15H2,1-2H3,(H,16,19,20). The quantitative estimate of drug-likeness (QED) is 0.812. The summed E-state index contributed by atoms with van der Waals surface area (Å²) in [5, 5.41) is 0. The molecule has 21 heavy (non-hydrogen) atoms. The van der Waals surface area contributed by atoms with Gasteiger partial charge in [0.2, 0.25) is 0 Å². The molecule has 0 spiro atoms. The molecule has 0 radical (unpaired) electrons. The zero-order valence-electron chi connectivity index (χ0n) is 12.3. The highest BCUT2D eigenvalue weighted by Gasteiger charge is 2.15. The van der Waals surface area contributed by atoms with Crippen LogP contribution < -0.4 is 17.0 Å². The van der Waals surface area contributed by atoms with E-state index < -0.39 is 11.2 Å². The smallest absolute Gasteiger partial charge is 0.330 e. The van der Waals surface area contributed by atoms with Crippen LogP contribution in [0.3, 0.4) is 0 Å². The van der Waals surface area contributed by atoms with Crippen molar-refractivity contribution in [1.82, 2.24) is 14.5 Å². The summed E-state index contributed by atoms with van der Waals surface area (Å²) in [6.45, 7) is 6.21. The van der Waals surface area contributed by atoms with E-state index in [2.05, 4.69) is 9.88 Å². The molecule has 2 aromatic heterocycles. The Balaban J connectivity index is 2.42. The lowest BCUT2D eigenvalue weighted by molar-refractivity contribution is 0.294. The summed E-state index contributed by atoms with van der Waals surface area (Å²) in [4.78, 5) is 28.3. The van der Waals surface area contributed by atoms with Gasteiger partial charge in [0.05, 0.1) is 18.4 Å². The molecule has 0 aromatic carbocycles. The Kier molecular flexibility index (Phi) is 4.64. The summed E-state index contributed by atoms with van der Waals surface area (Å²) in [6, 6.07) is 3.49. The highest BCUT2D eigenvalue weighted by Crippen LogP contribution is 2.10. The van der Waals surface area contributed by atoms with Crippen LogP contribution in [0.15, 0.2) is 32.4 Å². The maximum Gasteiger partial charge on any atom is 0.330 e. The van der Waals surface area contributed by atoms with Crippen LogP contribution in [0.5, 0.6) is 0 Å². The molecule has 0 aliphatic heterocycles. The number of anilines is 1. The van der Waals surface area contributed by atoms with Crippen molar-refractivity contribution in [1.29, 1.82) is 0 Å². The fourth-order valence-electron chi connectivity index (χ4n) is 2.17. The Bertz CT molecular complexity index is 696. The minimum atomic E-state index is -0.530. The number of nitrogens with zero attached hydrogens (tertiary/aromatic N) is 2. The molecule has 2 rings (SSSR count). The third-order valence-electron chi connectivity index (χ3n) is 3.51. The predicted molar refractivity (Wildman–Crippen MR) is 80.2 cm³/mol. The van der Waals surface area contributed by atoms with Gasteiger partial charge in [-0.15, -0.1) is 0 Å². The molecule has 0 unspecified atom stereocenters. The fourth-order valence-corrected chi connectivity index (χ4v) is 2.17. The van der Waals surface area contributed by atoms with Gasteiger partial charge < -0.3 is 10.2 Å². The van der Waals surface area contributed by atoms with E-state index in [4.69, 9.17) is 10.2 Å². The highest BCUT2D eigenvalue weighted by molar-refractivity contribution is 5.38. The Labute approximate surface area is 122 Å². The van der Waals surface area contributed by atoms with Gasteiger partial charge >= 0.3 is 5.69 Å². The average molecular weight is 292 g/mol. The maximum absolute atomic E-state index is 12.0. The summed E-state index contributed by atoms with van der Waals surface area (Å²) in [7, 11) is 0. The first kappa shape index (κ1) is 15.1. The molecule has 0 saturated heterocycles. The number of nitrogen functional groups attached to an aromatic ring is 1. The Hall–Kier alpha value is -2.28. The number of hydrogen-bond donors (Lipinski definition) is 2. The van der Waals surface area contributed by atoms with Gasteiger partial charge in [-0.1, -0.05) is 13.8 Å². The van der Waals surface area contributed by atoms with Gasteiger partial charge in [0, 0.05) is 6.54 Å². The molecule has 7 nitrogen and oxygen atoms in total. The van der Waals surface area contributed by atoms with Crippen LogP contribution in [0.25, 0.3) is 0 Å². The molecule has 0 aliphatic carbocycles. The van der Waals surface area contributed by atoms with Crippen molar-refractivity contribution in [2.75, 3.05) is 18.8 Å². The number of aromatic amines is 1. The second kappa shape index (κ2) is 6.45. The SMILES string of the molecule is CCN(CC)Cc1c(N)n(Cc2ccco2)c(=O)[nH]c1=O. The van der Waals surface area contributed by atoms with Crippen molar-refractivity contribution in [2.45, 2.75) is 26.9 Å². The topological polar surface area (TPSA) is 97.3 Å². The van der Waals surface area contributed by atoms with Crippen LogP contribution in [0.2, 0.25) is 0 Å². The number of aromatic nitrogens is 2. The second-order valence-electron chi connectivity index (χ2n) is 4.75. The van der Waals surface area contributed by atoms with Gasteiger partial charge in [-0.25, -0.2) is 4.79 Å². The van der Waals surface area contributed by atoms with E-state index in [0.29, 0.717) is 17.9 Å². The lowest BCUT2D eigenvalue weighted by Crippen LogP contribution is -2.37. The summed E-state index contributed by atoms with van der Waals surface area (Å²) < 4.78 is 6.54. The fraction of sp³-hybridized carbons (Fsp3) is 0.429. The van der Waals surface area contributed by atoms with Gasteiger partial charge in [-0.3, -0.25) is 19.2 Å². The molecule has 0 bridgehead atoms. The Morgan fingerprint density at radius 2 is 2.05 bits per heavy atom.